The molecule has 0 aliphatic carbocycles. The van der Waals surface area contributed by atoms with E-state index >= 15 is 0 Å². The molecule has 5 heteroatoms. The first kappa shape index (κ1) is 12.7. The predicted octanol–water partition coefficient (Wildman–Crippen LogP) is 3.73. The molecule has 1 aromatic carbocycles. The molecule has 0 fully saturated rings. The van der Waals surface area contributed by atoms with Crippen LogP contribution >= 0.6 is 39.9 Å². The largest absolute Gasteiger partial charge is 0.347 e. The molecule has 2 aromatic rings. The number of thiol groups is 1. The van der Waals surface area contributed by atoms with Gasteiger partial charge in [-0.3, -0.25) is 4.79 Å². The van der Waals surface area contributed by atoms with Gasteiger partial charge < -0.3 is 5.32 Å². The molecule has 0 bridgehead atoms. The molecule has 0 aliphatic heterocycles. The molecule has 2 rings (SSSR count). The van der Waals surface area contributed by atoms with E-state index in [1.54, 1.807) is 35.6 Å². The SMILES string of the molecule is O=C(NCc1cc(Br)cs1)c1ccc(S)cc1. The van der Waals surface area contributed by atoms with Crippen LogP contribution in [0.25, 0.3) is 0 Å². The predicted molar refractivity (Wildman–Crippen MR) is 76.9 cm³/mol. The van der Waals surface area contributed by atoms with Crippen LogP contribution in [0.4, 0.5) is 0 Å². The van der Waals surface area contributed by atoms with Crippen molar-refractivity contribution in [3.05, 3.63) is 50.6 Å². The fourth-order valence-corrected chi connectivity index (χ4v) is 2.87. The Morgan fingerprint density at radius 3 is 2.65 bits per heavy atom. The zero-order chi connectivity index (χ0) is 12.3. The minimum atomic E-state index is -0.0668. The summed E-state index contributed by atoms with van der Waals surface area (Å²) >= 11 is 9.17. The molecule has 1 N–H and O–H groups in total. The van der Waals surface area contributed by atoms with Crippen molar-refractivity contribution in [2.75, 3.05) is 0 Å². The second-order valence-corrected chi connectivity index (χ2v) is 5.89. The monoisotopic (exact) mass is 327 g/mol. The van der Waals surface area contributed by atoms with Gasteiger partial charge in [-0.1, -0.05) is 0 Å². The summed E-state index contributed by atoms with van der Waals surface area (Å²) in [4.78, 5) is 13.8. The van der Waals surface area contributed by atoms with E-state index in [2.05, 4.69) is 33.9 Å². The molecule has 0 spiro atoms. The maximum atomic E-state index is 11.8. The van der Waals surface area contributed by atoms with Crippen LogP contribution in [-0.4, -0.2) is 5.91 Å². The molecule has 1 amide bonds. The Balaban J connectivity index is 1.95. The van der Waals surface area contributed by atoms with Crippen molar-refractivity contribution in [2.24, 2.45) is 0 Å². The molecule has 0 aliphatic rings. The molecule has 0 radical (unpaired) electrons. The first-order valence-corrected chi connectivity index (χ1v) is 7.07. The number of carbonyl (C=O) groups is 1. The smallest absolute Gasteiger partial charge is 0.251 e. The van der Waals surface area contributed by atoms with Gasteiger partial charge in [0.05, 0.1) is 6.54 Å². The lowest BCUT2D eigenvalue weighted by atomic mass is 10.2. The van der Waals surface area contributed by atoms with E-state index < -0.39 is 0 Å². The second kappa shape index (κ2) is 5.71. The van der Waals surface area contributed by atoms with E-state index in [1.807, 2.05) is 11.4 Å². The highest BCUT2D eigenvalue weighted by atomic mass is 79.9. The van der Waals surface area contributed by atoms with Gasteiger partial charge in [0.1, 0.15) is 0 Å². The summed E-state index contributed by atoms with van der Waals surface area (Å²) in [6.07, 6.45) is 0. The van der Waals surface area contributed by atoms with Gasteiger partial charge in [-0.25, -0.2) is 0 Å². The highest BCUT2D eigenvalue weighted by molar-refractivity contribution is 9.10. The van der Waals surface area contributed by atoms with Gasteiger partial charge >= 0.3 is 0 Å². The molecule has 0 saturated heterocycles. The number of halogens is 1. The van der Waals surface area contributed by atoms with E-state index in [0.717, 1.165) is 14.2 Å². The molecule has 17 heavy (non-hydrogen) atoms. The van der Waals surface area contributed by atoms with E-state index in [0.29, 0.717) is 12.1 Å². The summed E-state index contributed by atoms with van der Waals surface area (Å²) in [6, 6.07) is 9.14. The minimum Gasteiger partial charge on any atom is -0.347 e. The normalized spacial score (nSPS) is 10.2. The number of hydrogen-bond acceptors (Lipinski definition) is 3. The Morgan fingerprint density at radius 2 is 2.06 bits per heavy atom. The molecule has 1 aromatic heterocycles. The van der Waals surface area contributed by atoms with Gasteiger partial charge in [0.15, 0.2) is 0 Å². The van der Waals surface area contributed by atoms with Crippen molar-refractivity contribution in [2.45, 2.75) is 11.4 Å². The van der Waals surface area contributed by atoms with Gasteiger partial charge in [0.25, 0.3) is 5.91 Å². The summed E-state index contributed by atoms with van der Waals surface area (Å²) < 4.78 is 1.05. The molecule has 1 heterocycles. The third-order valence-corrected chi connectivity index (χ3v) is 4.17. The maximum Gasteiger partial charge on any atom is 0.251 e. The fraction of sp³-hybridized carbons (Fsp3) is 0.0833. The van der Waals surface area contributed by atoms with Gasteiger partial charge in [0.2, 0.25) is 0 Å². The average molecular weight is 328 g/mol. The van der Waals surface area contributed by atoms with E-state index in [9.17, 15) is 4.79 Å². The molecule has 0 atom stereocenters. The molecular formula is C12H10BrNOS2. The van der Waals surface area contributed by atoms with Crippen molar-refractivity contribution in [1.82, 2.24) is 5.32 Å². The lowest BCUT2D eigenvalue weighted by Gasteiger charge is -2.03. The van der Waals surface area contributed by atoms with Crippen molar-refractivity contribution in [1.29, 1.82) is 0 Å². The van der Waals surface area contributed by atoms with E-state index in [4.69, 9.17) is 0 Å². The van der Waals surface area contributed by atoms with Crippen LogP contribution in [0, 0.1) is 0 Å². The van der Waals surface area contributed by atoms with Crippen molar-refractivity contribution < 1.29 is 4.79 Å². The number of nitrogens with one attached hydrogen (secondary N) is 1. The molecule has 88 valence electrons. The number of hydrogen-bond donors (Lipinski definition) is 2. The van der Waals surface area contributed by atoms with Crippen LogP contribution in [0.5, 0.6) is 0 Å². The number of carbonyl (C=O) groups excluding carboxylic acids is 1. The summed E-state index contributed by atoms with van der Waals surface area (Å²) in [6.45, 7) is 0.553. The van der Waals surface area contributed by atoms with Crippen LogP contribution < -0.4 is 5.32 Å². The zero-order valence-electron chi connectivity index (χ0n) is 8.81. The molecule has 0 unspecified atom stereocenters. The minimum absolute atomic E-state index is 0.0668. The first-order chi connectivity index (χ1) is 8.15. The average Bonchev–Trinajstić information content (AvgIpc) is 2.73. The highest BCUT2D eigenvalue weighted by Crippen LogP contribution is 2.19. The lowest BCUT2D eigenvalue weighted by Crippen LogP contribution is -2.22. The zero-order valence-corrected chi connectivity index (χ0v) is 12.1. The van der Waals surface area contributed by atoms with E-state index in [-0.39, 0.29) is 5.91 Å². The quantitative estimate of drug-likeness (QED) is 0.826. The Hall–Kier alpha value is -0.780. The number of benzene rings is 1. The second-order valence-electron chi connectivity index (χ2n) is 3.46. The van der Waals surface area contributed by atoms with Gasteiger partial charge in [-0.05, 0) is 46.3 Å². The Labute approximate surface area is 118 Å². The van der Waals surface area contributed by atoms with Crippen molar-refractivity contribution >= 4 is 45.8 Å². The number of thiophene rings is 1. The Bertz CT molecular complexity index is 522. The van der Waals surface area contributed by atoms with E-state index in [1.165, 1.54) is 0 Å². The van der Waals surface area contributed by atoms with Crippen LogP contribution in [0.1, 0.15) is 15.2 Å². The fourth-order valence-electron chi connectivity index (χ4n) is 1.33. The third-order valence-electron chi connectivity index (χ3n) is 2.17. The first-order valence-electron chi connectivity index (χ1n) is 4.95. The number of amides is 1. The highest BCUT2D eigenvalue weighted by Gasteiger charge is 2.05. The summed E-state index contributed by atoms with van der Waals surface area (Å²) in [7, 11) is 0. The summed E-state index contributed by atoms with van der Waals surface area (Å²) in [5.41, 5.74) is 0.651. The molecule has 0 saturated carbocycles. The standard InChI is InChI=1S/C12H10BrNOS2/c13-9-5-11(17-7-9)6-14-12(15)8-1-3-10(16)4-2-8/h1-5,7,16H,6H2,(H,14,15). The van der Waals surface area contributed by atoms with Crippen molar-refractivity contribution in [3.8, 4) is 0 Å². The third kappa shape index (κ3) is 3.59. The van der Waals surface area contributed by atoms with Gasteiger partial charge in [0, 0.05) is 25.2 Å². The Kier molecular flexibility index (Phi) is 4.25. The van der Waals surface area contributed by atoms with Crippen LogP contribution in [0.2, 0.25) is 0 Å². The van der Waals surface area contributed by atoms with Crippen LogP contribution in [0.15, 0.2) is 45.1 Å². The summed E-state index contributed by atoms with van der Waals surface area (Å²) in [5.74, 6) is -0.0668. The molecular weight excluding hydrogens is 318 g/mol. The van der Waals surface area contributed by atoms with Crippen LogP contribution in [-0.2, 0) is 6.54 Å². The maximum absolute atomic E-state index is 11.8. The topological polar surface area (TPSA) is 29.1 Å². The summed E-state index contributed by atoms with van der Waals surface area (Å²) in [5, 5.41) is 4.87. The number of rotatable bonds is 3. The lowest BCUT2D eigenvalue weighted by molar-refractivity contribution is 0.0951. The van der Waals surface area contributed by atoms with Crippen molar-refractivity contribution in [3.63, 3.8) is 0 Å². The Morgan fingerprint density at radius 1 is 1.35 bits per heavy atom. The van der Waals surface area contributed by atoms with Gasteiger partial charge in [-0.2, -0.15) is 0 Å². The molecule has 2 nitrogen and oxygen atoms in total. The van der Waals surface area contributed by atoms with Gasteiger partial charge in [-0.15, -0.1) is 24.0 Å². The van der Waals surface area contributed by atoms with Crippen LogP contribution in [0.3, 0.4) is 0 Å².